The van der Waals surface area contributed by atoms with Gasteiger partial charge in [0.1, 0.15) is 5.84 Å². The van der Waals surface area contributed by atoms with Crippen molar-refractivity contribution in [1.82, 2.24) is 9.36 Å². The average Bonchev–Trinajstić information content (AvgIpc) is 3.45. The number of carbonyl (C=O) groups excluding carboxylic acids is 1. The largest absolute Gasteiger partial charge is 0.448 e. The number of hydrogen-bond donors (Lipinski definition) is 4. The summed E-state index contributed by atoms with van der Waals surface area (Å²) in [5.74, 6) is 1.24. The van der Waals surface area contributed by atoms with Gasteiger partial charge in [0.05, 0.1) is 11.8 Å². The van der Waals surface area contributed by atoms with Gasteiger partial charge in [0, 0.05) is 28.5 Å². The predicted molar refractivity (Wildman–Crippen MR) is 126 cm³/mol. The maximum Gasteiger partial charge on any atom is 0.325 e. The molecule has 0 aliphatic carbocycles. The van der Waals surface area contributed by atoms with Gasteiger partial charge in [-0.05, 0) is 30.3 Å². The highest BCUT2D eigenvalue weighted by atomic mass is 35.5. The molecule has 1 aliphatic heterocycles. The third-order valence-electron chi connectivity index (χ3n) is 4.72. The molecule has 3 heterocycles. The van der Waals surface area contributed by atoms with E-state index in [1.165, 1.54) is 6.26 Å². The van der Waals surface area contributed by atoms with Crippen molar-refractivity contribution < 1.29 is 9.21 Å². The van der Waals surface area contributed by atoms with E-state index in [4.69, 9.17) is 21.4 Å². The van der Waals surface area contributed by atoms with Crippen molar-refractivity contribution in [3.63, 3.8) is 0 Å². The summed E-state index contributed by atoms with van der Waals surface area (Å²) in [5.41, 5.74) is 2.09. The highest BCUT2D eigenvalue weighted by Crippen LogP contribution is 2.32. The number of alkyl halides is 1. The molecule has 0 saturated carbocycles. The van der Waals surface area contributed by atoms with Crippen LogP contribution in [-0.4, -0.2) is 26.8 Å². The van der Waals surface area contributed by atoms with Crippen LogP contribution in [0.4, 0.5) is 27.2 Å². The smallest absolute Gasteiger partial charge is 0.325 e. The number of furan rings is 1. The van der Waals surface area contributed by atoms with Gasteiger partial charge in [0.15, 0.2) is 11.4 Å². The van der Waals surface area contributed by atoms with E-state index in [9.17, 15) is 4.79 Å². The second kappa shape index (κ2) is 8.33. The second-order valence-corrected chi connectivity index (χ2v) is 7.94. The molecule has 32 heavy (non-hydrogen) atoms. The molecule has 0 fully saturated rings. The number of carbonyl (C=O) groups is 1. The van der Waals surface area contributed by atoms with Crippen LogP contribution in [-0.2, 0) is 0 Å². The van der Waals surface area contributed by atoms with Crippen molar-refractivity contribution in [3.8, 4) is 11.4 Å². The van der Waals surface area contributed by atoms with Crippen molar-refractivity contribution in [2.75, 3.05) is 20.9 Å². The Hall–Kier alpha value is -3.89. The highest BCUT2D eigenvalue weighted by Gasteiger charge is 2.31. The van der Waals surface area contributed by atoms with Crippen LogP contribution in [0.15, 0.2) is 71.3 Å². The Kier molecular flexibility index (Phi) is 5.21. The quantitative estimate of drug-likeness (QED) is 0.242. The van der Waals surface area contributed by atoms with Gasteiger partial charge in [0.2, 0.25) is 11.0 Å². The molecule has 2 amide bonds. The molecule has 0 radical (unpaired) electrons. The summed E-state index contributed by atoms with van der Waals surface area (Å²) >= 11 is 7.49. The van der Waals surface area contributed by atoms with E-state index in [-0.39, 0.29) is 5.84 Å². The summed E-state index contributed by atoms with van der Waals surface area (Å²) in [6.07, 6.45) is 1.51. The van der Waals surface area contributed by atoms with Crippen LogP contribution in [0.3, 0.4) is 0 Å². The fourth-order valence-electron chi connectivity index (χ4n) is 3.23. The molecule has 0 bridgehead atoms. The first-order valence-electron chi connectivity index (χ1n) is 9.52. The number of aromatic nitrogens is 2. The number of hydrogen-bond acceptors (Lipinski definition) is 7. The Labute approximate surface area is 191 Å². The van der Waals surface area contributed by atoms with Crippen molar-refractivity contribution in [1.29, 1.82) is 5.41 Å². The molecule has 11 heteroatoms. The average molecular weight is 466 g/mol. The van der Waals surface area contributed by atoms with E-state index in [1.54, 1.807) is 35.2 Å². The Bertz CT molecular complexity index is 1270. The minimum absolute atomic E-state index is 0.219. The Morgan fingerprint density at radius 2 is 1.91 bits per heavy atom. The van der Waals surface area contributed by atoms with Crippen LogP contribution in [0.25, 0.3) is 11.4 Å². The van der Waals surface area contributed by atoms with Crippen molar-refractivity contribution in [3.05, 3.63) is 72.5 Å². The van der Waals surface area contributed by atoms with Gasteiger partial charge in [-0.15, -0.1) is 0 Å². The second-order valence-electron chi connectivity index (χ2n) is 6.78. The minimum Gasteiger partial charge on any atom is -0.448 e. The van der Waals surface area contributed by atoms with E-state index < -0.39 is 11.7 Å². The van der Waals surface area contributed by atoms with Gasteiger partial charge in [-0.25, -0.2) is 4.79 Å². The Balaban J connectivity index is 1.24. The number of halogens is 1. The first-order valence-corrected chi connectivity index (χ1v) is 10.7. The number of amides is 2. The lowest BCUT2D eigenvalue weighted by molar-refractivity contribution is 0.262. The van der Waals surface area contributed by atoms with Gasteiger partial charge in [0.25, 0.3) is 0 Å². The number of nitrogens with zero attached hydrogens (tertiary/aromatic N) is 3. The Morgan fingerprint density at radius 3 is 2.69 bits per heavy atom. The summed E-state index contributed by atoms with van der Waals surface area (Å²) in [6.45, 7) is 0. The van der Waals surface area contributed by atoms with Crippen molar-refractivity contribution >= 4 is 57.4 Å². The molecule has 4 aromatic rings. The molecular formula is C21H16ClN7O2S. The summed E-state index contributed by atoms with van der Waals surface area (Å²) in [5, 5.41) is 17.3. The molecule has 5 rings (SSSR count). The zero-order valence-corrected chi connectivity index (χ0v) is 17.9. The third-order valence-corrected chi connectivity index (χ3v) is 5.65. The van der Waals surface area contributed by atoms with Gasteiger partial charge in [-0.1, -0.05) is 41.9 Å². The number of amidine groups is 1. The van der Waals surface area contributed by atoms with Crippen molar-refractivity contribution in [2.24, 2.45) is 0 Å². The normalized spacial score (nSPS) is 15.1. The van der Waals surface area contributed by atoms with Crippen LogP contribution in [0.1, 0.15) is 5.56 Å². The minimum atomic E-state index is -0.681. The molecule has 160 valence electrons. The van der Waals surface area contributed by atoms with E-state index in [1.807, 2.05) is 30.3 Å². The molecule has 4 N–H and O–H groups in total. The van der Waals surface area contributed by atoms with E-state index in [0.29, 0.717) is 33.8 Å². The standard InChI is InChI=1S/C21H16ClN7O2S/c22-19-26-18-15(10-11-31-18)16(23)29(19)14-8-6-13(7-9-14)24-20(30)27-21-25-17(28-32-21)12-4-2-1-3-5-12/h1-11,19,23,26H,(H2,24,25,27,28,30). The summed E-state index contributed by atoms with van der Waals surface area (Å²) in [7, 11) is 0. The molecular weight excluding hydrogens is 450 g/mol. The molecule has 1 atom stereocenters. The first-order chi connectivity index (χ1) is 15.6. The molecule has 2 aromatic carbocycles. The van der Waals surface area contributed by atoms with Crippen LogP contribution in [0.2, 0.25) is 0 Å². The number of urea groups is 1. The zero-order chi connectivity index (χ0) is 22.1. The van der Waals surface area contributed by atoms with E-state index >= 15 is 0 Å². The third kappa shape index (κ3) is 3.88. The van der Waals surface area contributed by atoms with Crippen molar-refractivity contribution in [2.45, 2.75) is 5.62 Å². The summed E-state index contributed by atoms with van der Waals surface area (Å²) < 4.78 is 9.57. The molecule has 0 saturated heterocycles. The molecule has 1 unspecified atom stereocenters. The SMILES string of the molecule is N=C1c2ccoc2NC(Cl)N1c1ccc(NC(=O)Nc2nc(-c3ccccc3)ns2)cc1. The lowest BCUT2D eigenvalue weighted by atomic mass is 10.2. The van der Waals surface area contributed by atoms with Crippen LogP contribution in [0.5, 0.6) is 0 Å². The monoisotopic (exact) mass is 465 g/mol. The number of rotatable bonds is 4. The fraction of sp³-hybridized carbons (Fsp3) is 0.0476. The molecule has 0 spiro atoms. The number of anilines is 4. The summed E-state index contributed by atoms with van der Waals surface area (Å²) in [4.78, 5) is 18.3. The zero-order valence-electron chi connectivity index (χ0n) is 16.4. The first kappa shape index (κ1) is 20.0. The van der Waals surface area contributed by atoms with Crippen LogP contribution in [0, 0.1) is 5.41 Å². The lowest BCUT2D eigenvalue weighted by Gasteiger charge is -2.34. The van der Waals surface area contributed by atoms with Crippen LogP contribution < -0.4 is 20.9 Å². The Morgan fingerprint density at radius 1 is 1.12 bits per heavy atom. The summed E-state index contributed by atoms with van der Waals surface area (Å²) in [6, 6.07) is 17.8. The van der Waals surface area contributed by atoms with Gasteiger partial charge < -0.3 is 15.1 Å². The maximum absolute atomic E-state index is 12.4. The predicted octanol–water partition coefficient (Wildman–Crippen LogP) is 5.22. The van der Waals surface area contributed by atoms with Gasteiger partial charge in [-0.3, -0.25) is 15.6 Å². The number of benzene rings is 2. The number of fused-ring (bicyclic) bond motifs is 1. The van der Waals surface area contributed by atoms with Gasteiger partial charge in [-0.2, -0.15) is 9.36 Å². The van der Waals surface area contributed by atoms with Gasteiger partial charge >= 0.3 is 6.03 Å². The van der Waals surface area contributed by atoms with E-state index in [2.05, 4.69) is 25.3 Å². The topological polar surface area (TPSA) is 119 Å². The number of nitrogens with one attached hydrogen (secondary N) is 4. The highest BCUT2D eigenvalue weighted by molar-refractivity contribution is 7.10. The van der Waals surface area contributed by atoms with E-state index in [0.717, 1.165) is 17.1 Å². The fourth-order valence-corrected chi connectivity index (χ4v) is 4.12. The molecule has 9 nitrogen and oxygen atoms in total. The lowest BCUT2D eigenvalue weighted by Crippen LogP contribution is -2.45. The van der Waals surface area contributed by atoms with Crippen LogP contribution >= 0.6 is 23.1 Å². The molecule has 1 aliphatic rings. The maximum atomic E-state index is 12.4. The molecule has 2 aromatic heterocycles.